The number of nitrogens with zero attached hydrogens (tertiary/aromatic N) is 4. The van der Waals surface area contributed by atoms with Crippen molar-refractivity contribution in [1.29, 1.82) is 5.26 Å². The third-order valence-corrected chi connectivity index (χ3v) is 5.10. The number of benzene rings is 1. The molecule has 0 amide bonds. The number of carbonyl (C=O) groups excluding carboxylic acids is 1. The highest BCUT2D eigenvalue weighted by Gasteiger charge is 2.33. The lowest BCUT2D eigenvalue weighted by atomic mass is 9.91. The van der Waals surface area contributed by atoms with Crippen LogP contribution >= 0.6 is 0 Å². The van der Waals surface area contributed by atoms with E-state index in [2.05, 4.69) is 29.8 Å². The van der Waals surface area contributed by atoms with Crippen molar-refractivity contribution in [3.05, 3.63) is 30.0 Å². The number of anilines is 1. The lowest BCUT2D eigenvalue weighted by Crippen LogP contribution is -2.40. The van der Waals surface area contributed by atoms with Crippen LogP contribution in [-0.4, -0.2) is 48.8 Å². The van der Waals surface area contributed by atoms with E-state index in [9.17, 15) is 10.1 Å². The zero-order valence-corrected chi connectivity index (χ0v) is 17.5. The highest BCUT2D eigenvalue weighted by Crippen LogP contribution is 2.32. The second-order valence-electron chi connectivity index (χ2n) is 8.04. The van der Waals surface area contributed by atoms with Crippen molar-refractivity contribution in [2.75, 3.05) is 31.7 Å². The summed E-state index contributed by atoms with van der Waals surface area (Å²) in [6.07, 6.45) is 0.695. The van der Waals surface area contributed by atoms with Crippen LogP contribution in [0.5, 0.6) is 0 Å². The minimum absolute atomic E-state index is 0.265. The van der Waals surface area contributed by atoms with Crippen molar-refractivity contribution >= 4 is 22.8 Å². The van der Waals surface area contributed by atoms with E-state index in [1.807, 2.05) is 24.3 Å². The van der Waals surface area contributed by atoms with Gasteiger partial charge >= 0.3 is 5.97 Å². The number of fused-ring (bicyclic) bond motifs is 1. The summed E-state index contributed by atoms with van der Waals surface area (Å²) >= 11 is 0. The van der Waals surface area contributed by atoms with Gasteiger partial charge in [-0.15, -0.1) is 0 Å². The van der Waals surface area contributed by atoms with Gasteiger partial charge in [0.25, 0.3) is 0 Å². The fraction of sp³-hybridized carbons (Fsp3) is 0.545. The number of nitriles is 1. The van der Waals surface area contributed by atoms with Crippen LogP contribution in [0.25, 0.3) is 11.0 Å². The molecule has 0 bridgehead atoms. The van der Waals surface area contributed by atoms with Gasteiger partial charge in [0.1, 0.15) is 11.8 Å². The van der Waals surface area contributed by atoms with Crippen LogP contribution in [0.3, 0.4) is 0 Å². The molecule has 0 spiro atoms. The Labute approximate surface area is 171 Å². The van der Waals surface area contributed by atoms with Crippen LogP contribution in [0.15, 0.2) is 24.3 Å². The maximum Gasteiger partial charge on any atom is 0.330 e. The smallest absolute Gasteiger partial charge is 0.330 e. The number of aromatic nitrogens is 2. The Morgan fingerprint density at radius 3 is 2.45 bits per heavy atom. The van der Waals surface area contributed by atoms with E-state index >= 15 is 0 Å². The zero-order chi connectivity index (χ0) is 21.0. The van der Waals surface area contributed by atoms with E-state index in [-0.39, 0.29) is 6.61 Å². The van der Waals surface area contributed by atoms with Gasteiger partial charge in [0.05, 0.1) is 23.7 Å². The summed E-state index contributed by atoms with van der Waals surface area (Å²) < 4.78 is 10.4. The monoisotopic (exact) mass is 396 g/mol. The Kier molecular flexibility index (Phi) is 6.65. The van der Waals surface area contributed by atoms with Gasteiger partial charge in [-0.25, -0.2) is 9.97 Å². The minimum atomic E-state index is -1.14. The van der Waals surface area contributed by atoms with E-state index in [0.29, 0.717) is 28.9 Å². The molecule has 0 unspecified atom stereocenters. The molecule has 2 heterocycles. The van der Waals surface area contributed by atoms with Crippen LogP contribution in [0.4, 0.5) is 5.82 Å². The number of methoxy groups -OCH3 is 1. The zero-order valence-electron chi connectivity index (χ0n) is 17.5. The van der Waals surface area contributed by atoms with Gasteiger partial charge in [-0.3, -0.25) is 4.79 Å². The molecular weight excluding hydrogens is 368 g/mol. The number of carbonyl (C=O) groups is 1. The molecule has 0 saturated carbocycles. The lowest BCUT2D eigenvalue weighted by Gasteiger charge is -2.36. The summed E-state index contributed by atoms with van der Waals surface area (Å²) in [5.41, 5.74) is 1.76. The van der Waals surface area contributed by atoms with Crippen molar-refractivity contribution in [3.8, 4) is 6.07 Å². The molecule has 1 saturated heterocycles. The fourth-order valence-electron chi connectivity index (χ4n) is 4.03. The van der Waals surface area contributed by atoms with Gasteiger partial charge in [0.2, 0.25) is 0 Å². The van der Waals surface area contributed by atoms with Crippen LogP contribution < -0.4 is 4.90 Å². The van der Waals surface area contributed by atoms with Crippen LogP contribution in [0.1, 0.15) is 38.8 Å². The van der Waals surface area contributed by atoms with Gasteiger partial charge in [-0.05, 0) is 37.3 Å². The number of piperidine rings is 1. The summed E-state index contributed by atoms with van der Waals surface area (Å²) in [6.45, 7) is 8.05. The van der Waals surface area contributed by atoms with E-state index in [1.54, 1.807) is 6.92 Å². The largest absolute Gasteiger partial charge is 0.459 e. The summed E-state index contributed by atoms with van der Waals surface area (Å²) in [6, 6.07) is 9.60. The fourth-order valence-corrected chi connectivity index (χ4v) is 4.03. The SMILES string of the molecule is COC[C@H](C)OC(=O)[C@@H](C#N)c1nc2ccccc2nc1N1C[C@H](C)C[C@H](C)C1. The number of hydrogen-bond acceptors (Lipinski definition) is 7. The molecule has 0 aliphatic carbocycles. The van der Waals surface area contributed by atoms with Crippen molar-refractivity contribution in [1.82, 2.24) is 9.97 Å². The highest BCUT2D eigenvalue weighted by molar-refractivity contribution is 5.85. The maximum absolute atomic E-state index is 12.8. The standard InChI is InChI=1S/C22H28N4O3/c1-14-9-15(2)12-26(11-14)21-20(24-18-7-5-6-8-19(18)25-21)17(10-23)22(27)29-16(3)13-28-4/h5-8,14-17H,9,11-13H2,1-4H3/t14-,15+,16-,17-/m0/s1. The molecule has 0 N–H and O–H groups in total. The molecule has 2 aromatic rings. The molecule has 1 aliphatic rings. The second-order valence-corrected chi connectivity index (χ2v) is 8.04. The number of esters is 1. The molecule has 0 radical (unpaired) electrons. The van der Waals surface area contributed by atoms with Crippen molar-refractivity contribution in [3.63, 3.8) is 0 Å². The quantitative estimate of drug-likeness (QED) is 0.692. The molecule has 7 nitrogen and oxygen atoms in total. The van der Waals surface area contributed by atoms with Crippen molar-refractivity contribution in [2.45, 2.75) is 39.2 Å². The number of hydrogen-bond donors (Lipinski definition) is 0. The number of rotatable bonds is 6. The minimum Gasteiger partial charge on any atom is -0.459 e. The predicted molar refractivity (Wildman–Crippen MR) is 110 cm³/mol. The molecule has 154 valence electrons. The Balaban J connectivity index is 2.04. The summed E-state index contributed by atoms with van der Waals surface area (Å²) in [7, 11) is 1.54. The molecule has 1 aromatic heterocycles. The first-order valence-electron chi connectivity index (χ1n) is 10.0. The summed E-state index contributed by atoms with van der Waals surface area (Å²) in [5, 5.41) is 9.82. The number of ether oxygens (including phenoxy) is 2. The Morgan fingerprint density at radius 2 is 1.86 bits per heavy atom. The average molecular weight is 396 g/mol. The molecule has 1 aromatic carbocycles. The molecule has 1 aliphatic heterocycles. The lowest BCUT2D eigenvalue weighted by molar-refractivity contribution is -0.150. The van der Waals surface area contributed by atoms with Crippen LogP contribution in [0, 0.1) is 23.2 Å². The first-order valence-corrected chi connectivity index (χ1v) is 10.0. The number of para-hydroxylation sites is 2. The highest BCUT2D eigenvalue weighted by atomic mass is 16.6. The second kappa shape index (κ2) is 9.19. The molecule has 3 rings (SSSR count). The summed E-state index contributed by atoms with van der Waals surface area (Å²) in [5.74, 6) is -0.178. The Bertz CT molecular complexity index is 901. The normalized spacial score (nSPS) is 21.4. The summed E-state index contributed by atoms with van der Waals surface area (Å²) in [4.78, 5) is 24.4. The average Bonchev–Trinajstić information content (AvgIpc) is 2.67. The van der Waals surface area contributed by atoms with Gasteiger partial charge in [-0.2, -0.15) is 5.26 Å². The van der Waals surface area contributed by atoms with E-state index in [1.165, 1.54) is 7.11 Å². The van der Waals surface area contributed by atoms with Gasteiger partial charge < -0.3 is 14.4 Å². The van der Waals surface area contributed by atoms with Crippen LogP contribution in [-0.2, 0) is 14.3 Å². The van der Waals surface area contributed by atoms with E-state index in [0.717, 1.165) is 25.0 Å². The third-order valence-electron chi connectivity index (χ3n) is 5.10. The maximum atomic E-state index is 12.8. The van der Waals surface area contributed by atoms with Crippen LogP contribution in [0.2, 0.25) is 0 Å². The van der Waals surface area contributed by atoms with Gasteiger partial charge in [0, 0.05) is 20.2 Å². The molecular formula is C22H28N4O3. The molecule has 1 fully saturated rings. The first kappa shape index (κ1) is 21.0. The Morgan fingerprint density at radius 1 is 1.24 bits per heavy atom. The van der Waals surface area contributed by atoms with Gasteiger partial charge in [0.15, 0.2) is 11.7 Å². The molecule has 7 heteroatoms. The Hall–Kier alpha value is -2.72. The molecule has 29 heavy (non-hydrogen) atoms. The van der Waals surface area contributed by atoms with Crippen molar-refractivity contribution in [2.24, 2.45) is 11.8 Å². The predicted octanol–water partition coefficient (Wildman–Crippen LogP) is 3.30. The van der Waals surface area contributed by atoms with Gasteiger partial charge in [-0.1, -0.05) is 26.0 Å². The first-order chi connectivity index (χ1) is 13.9. The topological polar surface area (TPSA) is 88.3 Å². The molecule has 4 atom stereocenters. The third kappa shape index (κ3) is 4.83. The van der Waals surface area contributed by atoms with E-state index < -0.39 is 18.0 Å². The van der Waals surface area contributed by atoms with E-state index in [4.69, 9.17) is 14.5 Å². The van der Waals surface area contributed by atoms with Crippen molar-refractivity contribution < 1.29 is 14.3 Å².